The zero-order valence-electron chi connectivity index (χ0n) is 10.5. The fourth-order valence-corrected chi connectivity index (χ4v) is 2.11. The summed E-state index contributed by atoms with van der Waals surface area (Å²) in [6.45, 7) is 1.45. The second kappa shape index (κ2) is 3.91. The van der Waals surface area contributed by atoms with E-state index in [1.165, 1.54) is 11.6 Å². The van der Waals surface area contributed by atoms with E-state index in [0.29, 0.717) is 11.3 Å². The number of hydrogen-bond acceptors (Lipinski definition) is 5. The minimum atomic E-state index is -0.168. The van der Waals surface area contributed by atoms with E-state index >= 15 is 0 Å². The molecule has 96 valence electrons. The lowest BCUT2D eigenvalue weighted by Crippen LogP contribution is -2.07. The second-order valence-electron chi connectivity index (χ2n) is 4.30. The lowest BCUT2D eigenvalue weighted by Gasteiger charge is -2.04. The molecule has 3 aromatic heterocycles. The van der Waals surface area contributed by atoms with Gasteiger partial charge >= 0.3 is 0 Å². The Kier molecular flexibility index (Phi) is 2.34. The van der Waals surface area contributed by atoms with E-state index < -0.39 is 0 Å². The first kappa shape index (κ1) is 11.4. The van der Waals surface area contributed by atoms with Gasteiger partial charge in [0.1, 0.15) is 5.82 Å². The third-order valence-electron chi connectivity index (χ3n) is 2.95. The van der Waals surface area contributed by atoms with Crippen LogP contribution in [0.5, 0.6) is 0 Å². The zero-order valence-corrected chi connectivity index (χ0v) is 10.5. The number of aryl methyl sites for hydroxylation is 1. The Hall–Kier alpha value is -2.70. The number of nitrogens with two attached hydrogens (primary N) is 1. The number of rotatable bonds is 1. The standard InChI is InChI=1S/C12H12N6O/c1-7(19)18-10-5-14-12(13)11(9(10)4-16-18)8-3-15-17(2)6-8/h3-6H,1-2H3,(H2,13,14). The highest BCUT2D eigenvalue weighted by Crippen LogP contribution is 2.31. The van der Waals surface area contributed by atoms with E-state index in [1.54, 1.807) is 23.3 Å². The SMILES string of the molecule is CC(=O)n1ncc2c(-c3cnn(C)c3)c(N)ncc21. The number of fused-ring (bicyclic) bond motifs is 1. The third-order valence-corrected chi connectivity index (χ3v) is 2.95. The maximum atomic E-state index is 11.5. The number of nitrogens with zero attached hydrogens (tertiary/aromatic N) is 5. The van der Waals surface area contributed by atoms with Gasteiger partial charge in [-0.05, 0) is 0 Å². The van der Waals surface area contributed by atoms with Crippen LogP contribution in [0.1, 0.15) is 11.7 Å². The molecule has 0 aromatic carbocycles. The molecule has 0 unspecified atom stereocenters. The van der Waals surface area contributed by atoms with Crippen LogP contribution in [0.15, 0.2) is 24.8 Å². The van der Waals surface area contributed by atoms with Crippen LogP contribution < -0.4 is 5.73 Å². The van der Waals surface area contributed by atoms with Crippen molar-refractivity contribution >= 4 is 22.6 Å². The fourth-order valence-electron chi connectivity index (χ4n) is 2.11. The van der Waals surface area contributed by atoms with Crippen molar-refractivity contribution in [2.24, 2.45) is 7.05 Å². The number of hydrogen-bond donors (Lipinski definition) is 1. The molecule has 19 heavy (non-hydrogen) atoms. The Morgan fingerprint density at radius 1 is 1.26 bits per heavy atom. The molecule has 0 saturated carbocycles. The summed E-state index contributed by atoms with van der Waals surface area (Å²) in [5.74, 6) is 0.224. The van der Waals surface area contributed by atoms with Gasteiger partial charge in [0.05, 0.1) is 24.1 Å². The van der Waals surface area contributed by atoms with Crippen molar-refractivity contribution in [1.29, 1.82) is 0 Å². The van der Waals surface area contributed by atoms with Gasteiger partial charge in [0.2, 0.25) is 5.91 Å². The number of anilines is 1. The van der Waals surface area contributed by atoms with E-state index in [4.69, 9.17) is 5.73 Å². The monoisotopic (exact) mass is 256 g/mol. The van der Waals surface area contributed by atoms with Crippen molar-refractivity contribution in [3.05, 3.63) is 24.8 Å². The average Bonchev–Trinajstić information content (AvgIpc) is 2.95. The van der Waals surface area contributed by atoms with Gasteiger partial charge in [0.25, 0.3) is 0 Å². The molecule has 0 spiro atoms. The first-order chi connectivity index (χ1) is 9.08. The predicted molar refractivity (Wildman–Crippen MR) is 70.4 cm³/mol. The van der Waals surface area contributed by atoms with Crippen LogP contribution in [0.2, 0.25) is 0 Å². The number of carbonyl (C=O) groups is 1. The Morgan fingerprint density at radius 3 is 2.68 bits per heavy atom. The molecule has 0 fully saturated rings. The summed E-state index contributed by atoms with van der Waals surface area (Å²) in [6.07, 6.45) is 6.73. The summed E-state index contributed by atoms with van der Waals surface area (Å²) in [7, 11) is 1.83. The summed E-state index contributed by atoms with van der Waals surface area (Å²) in [6, 6.07) is 0. The Morgan fingerprint density at radius 2 is 2.05 bits per heavy atom. The summed E-state index contributed by atoms with van der Waals surface area (Å²) in [5.41, 5.74) is 8.18. The van der Waals surface area contributed by atoms with E-state index in [-0.39, 0.29) is 5.91 Å². The van der Waals surface area contributed by atoms with Crippen molar-refractivity contribution < 1.29 is 4.79 Å². The minimum Gasteiger partial charge on any atom is -0.383 e. The van der Waals surface area contributed by atoms with Crippen molar-refractivity contribution in [2.75, 3.05) is 5.73 Å². The van der Waals surface area contributed by atoms with Crippen molar-refractivity contribution in [2.45, 2.75) is 6.92 Å². The van der Waals surface area contributed by atoms with E-state index in [0.717, 1.165) is 16.5 Å². The number of nitrogen functional groups attached to an aromatic ring is 1. The number of carbonyl (C=O) groups excluding carboxylic acids is 1. The van der Waals surface area contributed by atoms with Crippen molar-refractivity contribution in [1.82, 2.24) is 24.5 Å². The Bertz CT molecular complexity index is 785. The molecule has 7 heteroatoms. The van der Waals surface area contributed by atoms with E-state index in [2.05, 4.69) is 15.2 Å². The molecular formula is C12H12N6O. The summed E-state index contributed by atoms with van der Waals surface area (Å²) < 4.78 is 2.99. The molecule has 0 bridgehead atoms. The molecule has 3 rings (SSSR count). The lowest BCUT2D eigenvalue weighted by atomic mass is 10.1. The quantitative estimate of drug-likeness (QED) is 0.703. The summed E-state index contributed by atoms with van der Waals surface area (Å²) >= 11 is 0. The molecule has 7 nitrogen and oxygen atoms in total. The van der Waals surface area contributed by atoms with Crippen molar-refractivity contribution in [3.8, 4) is 11.1 Å². The molecule has 0 atom stereocenters. The second-order valence-corrected chi connectivity index (χ2v) is 4.30. The molecule has 0 radical (unpaired) electrons. The molecule has 3 heterocycles. The van der Waals surface area contributed by atoms with Crippen LogP contribution in [0.4, 0.5) is 5.82 Å². The molecule has 0 aliphatic carbocycles. The molecule has 2 N–H and O–H groups in total. The molecule has 3 aromatic rings. The molecule has 0 aliphatic heterocycles. The summed E-state index contributed by atoms with van der Waals surface area (Å²) in [5, 5.41) is 8.98. The minimum absolute atomic E-state index is 0.168. The highest BCUT2D eigenvalue weighted by atomic mass is 16.2. The van der Waals surface area contributed by atoms with Crippen LogP contribution in [-0.4, -0.2) is 30.5 Å². The predicted octanol–water partition coefficient (Wildman–Crippen LogP) is 1.07. The third kappa shape index (κ3) is 1.67. The van der Waals surface area contributed by atoms with Gasteiger partial charge in [-0.2, -0.15) is 14.9 Å². The smallest absolute Gasteiger partial charge is 0.244 e. The highest BCUT2D eigenvalue weighted by molar-refractivity contribution is 6.01. The number of aromatic nitrogens is 5. The zero-order chi connectivity index (χ0) is 13.6. The van der Waals surface area contributed by atoms with E-state index in [1.807, 2.05) is 13.2 Å². The van der Waals surface area contributed by atoms with Gasteiger partial charge in [0, 0.05) is 36.7 Å². The Balaban J connectivity index is 2.35. The maximum absolute atomic E-state index is 11.5. The van der Waals surface area contributed by atoms with Gasteiger partial charge in [-0.15, -0.1) is 0 Å². The largest absolute Gasteiger partial charge is 0.383 e. The first-order valence-electron chi connectivity index (χ1n) is 5.70. The molecule has 0 aliphatic rings. The summed E-state index contributed by atoms with van der Waals surface area (Å²) in [4.78, 5) is 15.6. The van der Waals surface area contributed by atoms with Crippen LogP contribution in [0.25, 0.3) is 22.0 Å². The van der Waals surface area contributed by atoms with Gasteiger partial charge in [0.15, 0.2) is 0 Å². The van der Waals surface area contributed by atoms with Crippen LogP contribution in [-0.2, 0) is 7.05 Å². The molecule has 0 amide bonds. The lowest BCUT2D eigenvalue weighted by molar-refractivity contribution is 0.0926. The Labute approximate surface area is 108 Å². The maximum Gasteiger partial charge on any atom is 0.244 e. The topological polar surface area (TPSA) is 91.6 Å². The average molecular weight is 256 g/mol. The van der Waals surface area contributed by atoms with Crippen LogP contribution in [0, 0.1) is 0 Å². The van der Waals surface area contributed by atoms with Gasteiger partial charge in [-0.3, -0.25) is 9.48 Å². The first-order valence-corrected chi connectivity index (χ1v) is 5.70. The van der Waals surface area contributed by atoms with Gasteiger partial charge in [-0.25, -0.2) is 4.98 Å². The molecule has 0 saturated heterocycles. The fraction of sp³-hybridized carbons (Fsp3) is 0.167. The van der Waals surface area contributed by atoms with Crippen LogP contribution >= 0.6 is 0 Å². The normalized spacial score (nSPS) is 11.1. The number of pyridine rings is 1. The van der Waals surface area contributed by atoms with Crippen LogP contribution in [0.3, 0.4) is 0 Å². The van der Waals surface area contributed by atoms with Crippen molar-refractivity contribution in [3.63, 3.8) is 0 Å². The molecular weight excluding hydrogens is 244 g/mol. The van der Waals surface area contributed by atoms with Gasteiger partial charge < -0.3 is 5.73 Å². The van der Waals surface area contributed by atoms with E-state index in [9.17, 15) is 4.79 Å². The highest BCUT2D eigenvalue weighted by Gasteiger charge is 2.15. The van der Waals surface area contributed by atoms with Gasteiger partial charge in [-0.1, -0.05) is 0 Å².